The molecule has 13 heavy (non-hydrogen) atoms. The Hall–Kier alpha value is -1.78. The van der Waals surface area contributed by atoms with Crippen molar-refractivity contribution in [2.24, 2.45) is 0 Å². The molecule has 0 atom stereocenters. The second-order valence-electron chi connectivity index (χ2n) is 2.66. The molecule has 0 aliphatic carbocycles. The van der Waals surface area contributed by atoms with Crippen LogP contribution in [0.2, 0.25) is 0 Å². The number of rotatable bonds is 0. The maximum Gasteiger partial charge on any atom is 0.413 e. The van der Waals surface area contributed by atoms with E-state index in [1.807, 2.05) is 6.07 Å². The lowest BCUT2D eigenvalue weighted by molar-refractivity contribution is 0.136. The van der Waals surface area contributed by atoms with Crippen molar-refractivity contribution < 1.29 is 9.53 Å². The fraction of sp³-hybridized carbons (Fsp3) is 0.250. The van der Waals surface area contributed by atoms with Crippen molar-refractivity contribution in [1.29, 1.82) is 0 Å². The molecule has 0 unspecified atom stereocenters. The molecule has 1 aliphatic rings. The molecule has 0 fully saturated rings. The Morgan fingerprint density at radius 1 is 1.62 bits per heavy atom. The normalized spacial score (nSPS) is 14.1. The Kier molecular flexibility index (Phi) is 1.77. The van der Waals surface area contributed by atoms with Crippen LogP contribution in [0.4, 0.5) is 4.79 Å². The van der Waals surface area contributed by atoms with Gasteiger partial charge in [-0.25, -0.2) is 9.48 Å². The molecule has 0 spiro atoms. The van der Waals surface area contributed by atoms with Crippen LogP contribution in [-0.2, 0) is 11.3 Å². The van der Waals surface area contributed by atoms with E-state index in [1.54, 1.807) is 23.3 Å². The first kappa shape index (κ1) is 7.85. The van der Waals surface area contributed by atoms with Crippen molar-refractivity contribution in [2.45, 2.75) is 6.54 Å². The average Bonchev–Trinajstić information content (AvgIpc) is 2.63. The van der Waals surface area contributed by atoms with Gasteiger partial charge >= 0.3 is 6.09 Å². The van der Waals surface area contributed by atoms with Crippen LogP contribution in [0.25, 0.3) is 6.20 Å². The van der Waals surface area contributed by atoms with E-state index in [9.17, 15) is 4.79 Å². The summed E-state index contributed by atoms with van der Waals surface area (Å²) in [7, 11) is 1.36. The number of amides is 1. The van der Waals surface area contributed by atoms with Gasteiger partial charge in [-0.05, 0) is 6.07 Å². The van der Waals surface area contributed by atoms with Gasteiger partial charge in [-0.15, -0.1) is 0 Å². The second-order valence-corrected chi connectivity index (χ2v) is 2.66. The van der Waals surface area contributed by atoms with E-state index in [0.717, 1.165) is 5.69 Å². The number of methoxy groups -OCH3 is 1. The summed E-state index contributed by atoms with van der Waals surface area (Å²) in [5.74, 6) is 0. The number of nitrogens with zero attached hydrogens (tertiary/aromatic N) is 3. The minimum Gasteiger partial charge on any atom is -0.452 e. The topological polar surface area (TPSA) is 47.4 Å². The number of carbonyl (C=O) groups is 1. The fourth-order valence-corrected chi connectivity index (χ4v) is 1.21. The summed E-state index contributed by atoms with van der Waals surface area (Å²) >= 11 is 0. The summed E-state index contributed by atoms with van der Waals surface area (Å²) < 4.78 is 6.31. The molecule has 0 radical (unpaired) electrons. The number of ether oxygens (including phenoxy) is 1. The van der Waals surface area contributed by atoms with Crippen LogP contribution >= 0.6 is 0 Å². The van der Waals surface area contributed by atoms with Gasteiger partial charge in [0.05, 0.1) is 19.3 Å². The first-order valence-electron chi connectivity index (χ1n) is 3.86. The average molecular weight is 179 g/mol. The minimum atomic E-state index is -0.358. The van der Waals surface area contributed by atoms with Crippen LogP contribution in [0, 0.1) is 0 Å². The van der Waals surface area contributed by atoms with E-state index in [-0.39, 0.29) is 6.09 Å². The number of fused-ring (bicyclic) bond motifs is 1. The SMILES string of the molecule is COC(=O)N1C=Cn2nccc2C1. The molecule has 0 bridgehead atoms. The van der Waals surface area contributed by atoms with E-state index in [4.69, 9.17) is 0 Å². The van der Waals surface area contributed by atoms with Crippen molar-refractivity contribution in [3.63, 3.8) is 0 Å². The molecule has 5 heteroatoms. The monoisotopic (exact) mass is 179 g/mol. The summed E-state index contributed by atoms with van der Waals surface area (Å²) in [5.41, 5.74) is 0.966. The predicted octanol–water partition coefficient (Wildman–Crippen LogP) is 0.893. The highest BCUT2D eigenvalue weighted by Crippen LogP contribution is 2.11. The van der Waals surface area contributed by atoms with Gasteiger partial charge in [0.1, 0.15) is 0 Å². The molecule has 5 nitrogen and oxygen atoms in total. The van der Waals surface area contributed by atoms with E-state index in [0.29, 0.717) is 6.54 Å². The van der Waals surface area contributed by atoms with Crippen molar-refractivity contribution in [3.8, 4) is 0 Å². The molecule has 0 aromatic carbocycles. The number of carbonyl (C=O) groups excluding carboxylic acids is 1. The summed E-state index contributed by atoms with van der Waals surface area (Å²) in [6.07, 6.45) is 4.70. The highest BCUT2D eigenvalue weighted by Gasteiger charge is 2.16. The number of aromatic nitrogens is 2. The van der Waals surface area contributed by atoms with Crippen LogP contribution in [0.15, 0.2) is 18.5 Å². The lowest BCUT2D eigenvalue weighted by Crippen LogP contribution is -2.28. The van der Waals surface area contributed by atoms with E-state index < -0.39 is 0 Å². The summed E-state index contributed by atoms with van der Waals surface area (Å²) in [4.78, 5) is 12.6. The van der Waals surface area contributed by atoms with E-state index in [2.05, 4.69) is 9.84 Å². The van der Waals surface area contributed by atoms with Crippen molar-refractivity contribution in [2.75, 3.05) is 7.11 Å². The lowest BCUT2D eigenvalue weighted by atomic mass is 10.3. The quantitative estimate of drug-likeness (QED) is 0.594. The molecule has 1 aliphatic heterocycles. The standard InChI is InChI=1S/C8H9N3O2/c1-13-8(12)10-4-5-11-7(6-10)2-3-9-11/h2-5H,6H2,1H3. The van der Waals surface area contributed by atoms with Gasteiger partial charge in [-0.2, -0.15) is 5.10 Å². The second kappa shape index (κ2) is 2.93. The van der Waals surface area contributed by atoms with E-state index >= 15 is 0 Å². The molecule has 2 rings (SSSR count). The molecule has 0 saturated heterocycles. The van der Waals surface area contributed by atoms with Gasteiger partial charge < -0.3 is 4.74 Å². The summed E-state index contributed by atoms with van der Waals surface area (Å²) in [6.45, 7) is 0.503. The largest absolute Gasteiger partial charge is 0.452 e. The Bertz CT molecular complexity index is 356. The maximum absolute atomic E-state index is 11.1. The lowest BCUT2D eigenvalue weighted by Gasteiger charge is -2.20. The van der Waals surface area contributed by atoms with Gasteiger partial charge in [0.25, 0.3) is 0 Å². The number of hydrogen-bond acceptors (Lipinski definition) is 3. The first-order chi connectivity index (χ1) is 6.31. The zero-order valence-corrected chi connectivity index (χ0v) is 7.17. The Balaban J connectivity index is 2.21. The van der Waals surface area contributed by atoms with Crippen molar-refractivity contribution >= 4 is 12.3 Å². The minimum absolute atomic E-state index is 0.358. The van der Waals surface area contributed by atoms with Gasteiger partial charge in [0, 0.05) is 18.6 Å². The molecular formula is C8H9N3O2. The summed E-state index contributed by atoms with van der Waals surface area (Å²) in [6, 6.07) is 1.86. The van der Waals surface area contributed by atoms with E-state index in [1.165, 1.54) is 12.0 Å². The van der Waals surface area contributed by atoms with Crippen LogP contribution < -0.4 is 0 Å². The number of hydrogen-bond donors (Lipinski definition) is 0. The Morgan fingerprint density at radius 2 is 2.46 bits per heavy atom. The van der Waals surface area contributed by atoms with Crippen LogP contribution in [0.3, 0.4) is 0 Å². The molecule has 68 valence electrons. The molecular weight excluding hydrogens is 170 g/mol. The third-order valence-corrected chi connectivity index (χ3v) is 1.88. The molecule has 1 amide bonds. The smallest absolute Gasteiger partial charge is 0.413 e. The zero-order valence-electron chi connectivity index (χ0n) is 7.17. The third-order valence-electron chi connectivity index (χ3n) is 1.88. The molecule has 0 N–H and O–H groups in total. The summed E-state index contributed by atoms with van der Waals surface area (Å²) in [5, 5.41) is 4.03. The van der Waals surface area contributed by atoms with Crippen molar-refractivity contribution in [3.05, 3.63) is 24.2 Å². The zero-order chi connectivity index (χ0) is 9.26. The predicted molar refractivity (Wildman–Crippen MR) is 45.5 cm³/mol. The molecule has 0 saturated carbocycles. The van der Waals surface area contributed by atoms with Gasteiger partial charge in [0.15, 0.2) is 0 Å². The maximum atomic E-state index is 11.1. The highest BCUT2D eigenvalue weighted by atomic mass is 16.5. The van der Waals surface area contributed by atoms with Gasteiger partial charge in [-0.3, -0.25) is 4.90 Å². The first-order valence-corrected chi connectivity index (χ1v) is 3.86. The molecule has 1 aromatic heterocycles. The molecule has 2 heterocycles. The molecule has 1 aromatic rings. The third kappa shape index (κ3) is 1.28. The van der Waals surface area contributed by atoms with Crippen LogP contribution in [-0.4, -0.2) is 27.9 Å². The Morgan fingerprint density at radius 3 is 3.23 bits per heavy atom. The van der Waals surface area contributed by atoms with Crippen LogP contribution in [0.1, 0.15) is 5.69 Å². The van der Waals surface area contributed by atoms with Gasteiger partial charge in [-0.1, -0.05) is 0 Å². The van der Waals surface area contributed by atoms with Crippen molar-refractivity contribution in [1.82, 2.24) is 14.7 Å². The Labute approximate surface area is 75.2 Å². The van der Waals surface area contributed by atoms with Crippen LogP contribution in [0.5, 0.6) is 0 Å². The highest BCUT2D eigenvalue weighted by molar-refractivity contribution is 5.69. The fourth-order valence-electron chi connectivity index (χ4n) is 1.21. The van der Waals surface area contributed by atoms with Gasteiger partial charge in [0.2, 0.25) is 0 Å².